The minimum absolute atomic E-state index is 0. The van der Waals surface area contributed by atoms with Crippen LogP contribution in [0.1, 0.15) is 19.3 Å². The van der Waals surface area contributed by atoms with Gasteiger partial charge in [0.2, 0.25) is 0 Å². The highest BCUT2D eigenvalue weighted by molar-refractivity contribution is 5.85. The van der Waals surface area contributed by atoms with Gasteiger partial charge in [0.1, 0.15) is 6.04 Å². The molecule has 5 heteroatoms. The van der Waals surface area contributed by atoms with Gasteiger partial charge in [0, 0.05) is 13.2 Å². The third-order valence-corrected chi connectivity index (χ3v) is 3.17. The van der Waals surface area contributed by atoms with Crippen molar-refractivity contribution in [3.8, 4) is 0 Å². The molecule has 88 valence electrons. The van der Waals surface area contributed by atoms with E-state index in [0.717, 1.165) is 45.6 Å². The summed E-state index contributed by atoms with van der Waals surface area (Å²) in [4.78, 5) is 13.0. The van der Waals surface area contributed by atoms with E-state index in [2.05, 4.69) is 4.90 Å². The Morgan fingerprint density at radius 3 is 2.87 bits per heavy atom. The van der Waals surface area contributed by atoms with Gasteiger partial charge in [-0.2, -0.15) is 0 Å². The number of ether oxygens (including phenoxy) is 1. The van der Waals surface area contributed by atoms with Gasteiger partial charge in [0.05, 0.1) is 6.61 Å². The second-order valence-corrected chi connectivity index (χ2v) is 4.22. The number of rotatable bonds is 3. The molecule has 0 radical (unpaired) electrons. The van der Waals surface area contributed by atoms with Gasteiger partial charge >= 0.3 is 5.97 Å². The molecule has 4 nitrogen and oxygen atoms in total. The molecule has 2 aliphatic rings. The molecule has 0 saturated carbocycles. The summed E-state index contributed by atoms with van der Waals surface area (Å²) in [6.07, 6.45) is 2.91. The molecule has 0 aromatic carbocycles. The molecule has 2 fully saturated rings. The number of aliphatic carboxylic acids is 1. The van der Waals surface area contributed by atoms with Gasteiger partial charge in [0.25, 0.3) is 0 Å². The summed E-state index contributed by atoms with van der Waals surface area (Å²) in [6, 6.07) is -0.240. The maximum absolute atomic E-state index is 10.9. The molecule has 1 N–H and O–H groups in total. The largest absolute Gasteiger partial charge is 0.480 e. The van der Waals surface area contributed by atoms with Crippen LogP contribution >= 0.6 is 12.4 Å². The highest BCUT2D eigenvalue weighted by Gasteiger charge is 2.32. The summed E-state index contributed by atoms with van der Waals surface area (Å²) in [5.74, 6) is -0.114. The predicted molar refractivity (Wildman–Crippen MR) is 58.4 cm³/mol. The lowest BCUT2D eigenvalue weighted by atomic mass is 10.1. The number of halogens is 1. The summed E-state index contributed by atoms with van der Waals surface area (Å²) < 4.78 is 5.29. The fourth-order valence-corrected chi connectivity index (χ4v) is 2.38. The van der Waals surface area contributed by atoms with E-state index in [9.17, 15) is 4.79 Å². The molecule has 2 atom stereocenters. The lowest BCUT2D eigenvalue weighted by Crippen LogP contribution is -2.39. The average molecular weight is 236 g/mol. The molecule has 0 bridgehead atoms. The Bertz CT molecular complexity index is 219. The standard InChI is InChI=1S/C10H17NO3.ClH/c12-10(13)9-2-1-4-11(9)6-8-3-5-14-7-8;/h8-9H,1-7H2,(H,12,13);1H/t8?,9-;/m1./s1. The molecule has 2 aliphatic heterocycles. The monoisotopic (exact) mass is 235 g/mol. The first-order valence-electron chi connectivity index (χ1n) is 5.32. The molecule has 0 spiro atoms. The summed E-state index contributed by atoms with van der Waals surface area (Å²) >= 11 is 0. The zero-order chi connectivity index (χ0) is 9.97. The van der Waals surface area contributed by atoms with E-state index in [0.29, 0.717) is 5.92 Å². The Morgan fingerprint density at radius 2 is 2.27 bits per heavy atom. The predicted octanol–water partition coefficient (Wildman–Crippen LogP) is 0.994. The second kappa shape index (κ2) is 5.68. The van der Waals surface area contributed by atoms with Crippen molar-refractivity contribution >= 4 is 18.4 Å². The Morgan fingerprint density at radius 1 is 1.47 bits per heavy atom. The maximum Gasteiger partial charge on any atom is 0.320 e. The molecule has 2 saturated heterocycles. The lowest BCUT2D eigenvalue weighted by Gasteiger charge is -2.23. The SMILES string of the molecule is Cl.O=C(O)[C@H]1CCCN1CC1CCOC1. The van der Waals surface area contributed by atoms with E-state index in [4.69, 9.17) is 9.84 Å². The van der Waals surface area contributed by atoms with Crippen LogP contribution in [0.3, 0.4) is 0 Å². The number of carboxylic acid groups (broad SMARTS) is 1. The average Bonchev–Trinajstić information content (AvgIpc) is 2.75. The normalized spacial score (nSPS) is 31.5. The number of carboxylic acids is 1. The van der Waals surface area contributed by atoms with Crippen LogP contribution in [0.5, 0.6) is 0 Å². The van der Waals surface area contributed by atoms with Crippen molar-refractivity contribution in [3.05, 3.63) is 0 Å². The molecular weight excluding hydrogens is 218 g/mol. The smallest absolute Gasteiger partial charge is 0.320 e. The zero-order valence-electron chi connectivity index (χ0n) is 8.72. The number of hydrogen-bond donors (Lipinski definition) is 1. The molecule has 0 aromatic rings. The minimum Gasteiger partial charge on any atom is -0.480 e. The van der Waals surface area contributed by atoms with Gasteiger partial charge in [-0.15, -0.1) is 12.4 Å². The van der Waals surface area contributed by atoms with Crippen LogP contribution in [0.4, 0.5) is 0 Å². The maximum atomic E-state index is 10.9. The van der Waals surface area contributed by atoms with Crippen molar-refractivity contribution in [2.75, 3.05) is 26.3 Å². The second-order valence-electron chi connectivity index (χ2n) is 4.22. The van der Waals surface area contributed by atoms with Gasteiger partial charge in [-0.3, -0.25) is 9.69 Å². The summed E-state index contributed by atoms with van der Waals surface area (Å²) in [6.45, 7) is 3.49. The fourth-order valence-electron chi connectivity index (χ4n) is 2.38. The first-order chi connectivity index (χ1) is 6.77. The van der Waals surface area contributed by atoms with E-state index in [1.807, 2.05) is 0 Å². The Labute approximate surface area is 96.0 Å². The molecular formula is C10H18ClNO3. The van der Waals surface area contributed by atoms with Crippen LogP contribution in [0, 0.1) is 5.92 Å². The van der Waals surface area contributed by atoms with Gasteiger partial charge < -0.3 is 9.84 Å². The Balaban J connectivity index is 0.00000112. The number of carbonyl (C=O) groups is 1. The first kappa shape index (κ1) is 12.7. The van der Waals surface area contributed by atoms with Crippen LogP contribution in [-0.2, 0) is 9.53 Å². The van der Waals surface area contributed by atoms with E-state index in [1.165, 1.54) is 0 Å². The minimum atomic E-state index is -0.665. The number of nitrogens with zero attached hydrogens (tertiary/aromatic N) is 1. The molecule has 0 aliphatic carbocycles. The summed E-state index contributed by atoms with van der Waals surface area (Å²) in [7, 11) is 0. The topological polar surface area (TPSA) is 49.8 Å². The fraction of sp³-hybridized carbons (Fsp3) is 0.900. The third kappa shape index (κ3) is 3.06. The molecule has 15 heavy (non-hydrogen) atoms. The van der Waals surface area contributed by atoms with E-state index in [-0.39, 0.29) is 18.4 Å². The highest BCUT2D eigenvalue weighted by atomic mass is 35.5. The molecule has 0 amide bonds. The summed E-state index contributed by atoms with van der Waals surface area (Å²) in [5, 5.41) is 8.98. The van der Waals surface area contributed by atoms with Crippen molar-refractivity contribution in [1.29, 1.82) is 0 Å². The van der Waals surface area contributed by atoms with Crippen LogP contribution in [0.25, 0.3) is 0 Å². The summed E-state index contributed by atoms with van der Waals surface area (Å²) in [5.41, 5.74) is 0. The van der Waals surface area contributed by atoms with Crippen LogP contribution in [0.15, 0.2) is 0 Å². The Hall–Kier alpha value is -0.320. The molecule has 2 heterocycles. The molecule has 2 rings (SSSR count). The van der Waals surface area contributed by atoms with Crippen molar-refractivity contribution in [1.82, 2.24) is 4.90 Å². The highest BCUT2D eigenvalue weighted by Crippen LogP contribution is 2.22. The van der Waals surface area contributed by atoms with Gasteiger partial charge in [0.15, 0.2) is 0 Å². The van der Waals surface area contributed by atoms with Crippen molar-refractivity contribution in [3.63, 3.8) is 0 Å². The first-order valence-corrected chi connectivity index (χ1v) is 5.32. The van der Waals surface area contributed by atoms with Crippen LogP contribution in [0.2, 0.25) is 0 Å². The van der Waals surface area contributed by atoms with Crippen molar-refractivity contribution in [2.24, 2.45) is 5.92 Å². The van der Waals surface area contributed by atoms with E-state index in [1.54, 1.807) is 0 Å². The van der Waals surface area contributed by atoms with Gasteiger partial charge in [-0.05, 0) is 31.7 Å². The zero-order valence-corrected chi connectivity index (χ0v) is 9.54. The molecule has 1 unspecified atom stereocenters. The van der Waals surface area contributed by atoms with E-state index >= 15 is 0 Å². The number of hydrogen-bond acceptors (Lipinski definition) is 3. The van der Waals surface area contributed by atoms with Gasteiger partial charge in [-0.1, -0.05) is 0 Å². The Kier molecular flexibility index (Phi) is 4.83. The van der Waals surface area contributed by atoms with Gasteiger partial charge in [-0.25, -0.2) is 0 Å². The lowest BCUT2D eigenvalue weighted by molar-refractivity contribution is -0.142. The molecule has 0 aromatic heterocycles. The van der Waals surface area contributed by atoms with Crippen LogP contribution < -0.4 is 0 Å². The van der Waals surface area contributed by atoms with E-state index < -0.39 is 5.97 Å². The number of likely N-dealkylation sites (tertiary alicyclic amines) is 1. The van der Waals surface area contributed by atoms with Crippen molar-refractivity contribution in [2.45, 2.75) is 25.3 Å². The third-order valence-electron chi connectivity index (χ3n) is 3.17. The van der Waals surface area contributed by atoms with Crippen molar-refractivity contribution < 1.29 is 14.6 Å². The van der Waals surface area contributed by atoms with Crippen LogP contribution in [-0.4, -0.2) is 48.3 Å². The quantitative estimate of drug-likeness (QED) is 0.793.